The molecule has 0 unspecified atom stereocenters. The quantitative estimate of drug-likeness (QED) is 0.602. The number of anilines is 1. The van der Waals surface area contributed by atoms with Gasteiger partial charge in [0.05, 0.1) is 24.0 Å². The minimum Gasteiger partial charge on any atom is -0.291 e. The van der Waals surface area contributed by atoms with E-state index in [0.29, 0.717) is 12.2 Å². The monoisotopic (exact) mass is 411 g/mol. The third kappa shape index (κ3) is 3.78. The van der Waals surface area contributed by atoms with Crippen molar-refractivity contribution in [2.45, 2.75) is 6.04 Å². The zero-order chi connectivity index (χ0) is 21.2. The zero-order valence-corrected chi connectivity index (χ0v) is 17.4. The number of nitrogens with zero attached hydrogens (tertiary/aromatic N) is 3. The lowest BCUT2D eigenvalue weighted by Gasteiger charge is -2.40. The molecule has 1 amide bonds. The fourth-order valence-electron chi connectivity index (χ4n) is 4.64. The molecule has 3 aromatic rings. The summed E-state index contributed by atoms with van der Waals surface area (Å²) < 4.78 is 0. The summed E-state index contributed by atoms with van der Waals surface area (Å²) in [6.07, 6.45) is 0. The van der Waals surface area contributed by atoms with Crippen LogP contribution in [0.3, 0.4) is 0 Å². The maximum atomic E-state index is 12.5. The summed E-state index contributed by atoms with van der Waals surface area (Å²) in [5, 5.41) is 0. The highest BCUT2D eigenvalue weighted by molar-refractivity contribution is 6.52. The molecule has 5 heteroatoms. The average molecular weight is 412 g/mol. The first-order valence-corrected chi connectivity index (χ1v) is 10.7. The smallest absolute Gasteiger partial charge is 0.291 e. The molecule has 3 aromatic carbocycles. The standard InChI is InChI=1S/C26H25N3O2/c30-25-22-13-7-8-14-23(22)29(26(25)31)19-27-15-17-28(18-16-27)24(20-9-3-1-4-10-20)21-11-5-2-6-12-21/h1-14,24H,15-19H2. The van der Waals surface area contributed by atoms with Crippen LogP contribution >= 0.6 is 0 Å². The van der Waals surface area contributed by atoms with Crippen molar-refractivity contribution in [3.8, 4) is 0 Å². The van der Waals surface area contributed by atoms with Crippen LogP contribution in [0.2, 0.25) is 0 Å². The van der Waals surface area contributed by atoms with E-state index in [4.69, 9.17) is 0 Å². The lowest BCUT2D eigenvalue weighted by molar-refractivity contribution is -0.114. The van der Waals surface area contributed by atoms with Gasteiger partial charge in [-0.1, -0.05) is 72.8 Å². The maximum Gasteiger partial charge on any atom is 0.300 e. The van der Waals surface area contributed by atoms with E-state index in [1.807, 2.05) is 12.1 Å². The van der Waals surface area contributed by atoms with Gasteiger partial charge in [-0.15, -0.1) is 0 Å². The second kappa shape index (κ2) is 8.46. The number of fused-ring (bicyclic) bond motifs is 1. The number of amides is 1. The minimum absolute atomic E-state index is 0.209. The van der Waals surface area contributed by atoms with Crippen molar-refractivity contribution >= 4 is 17.4 Å². The Kier molecular flexibility index (Phi) is 5.37. The number of carbonyl (C=O) groups is 2. The van der Waals surface area contributed by atoms with E-state index in [1.54, 1.807) is 17.0 Å². The molecule has 0 saturated carbocycles. The fraction of sp³-hybridized carbons (Fsp3) is 0.231. The molecule has 2 heterocycles. The topological polar surface area (TPSA) is 43.9 Å². The van der Waals surface area contributed by atoms with E-state index in [-0.39, 0.29) is 6.04 Å². The predicted molar refractivity (Wildman–Crippen MR) is 121 cm³/mol. The Hall–Kier alpha value is -3.28. The highest BCUT2D eigenvalue weighted by Gasteiger charge is 2.37. The first-order valence-electron chi connectivity index (χ1n) is 10.7. The van der Waals surface area contributed by atoms with Gasteiger partial charge in [0.1, 0.15) is 0 Å². The van der Waals surface area contributed by atoms with Gasteiger partial charge in [0, 0.05) is 26.2 Å². The summed E-state index contributed by atoms with van der Waals surface area (Å²) in [5.74, 6) is -0.822. The number of carbonyl (C=O) groups excluding carboxylic acids is 2. The molecule has 0 radical (unpaired) electrons. The average Bonchev–Trinajstić information content (AvgIpc) is 3.07. The molecule has 0 atom stereocenters. The van der Waals surface area contributed by atoms with Crippen molar-refractivity contribution in [3.05, 3.63) is 102 Å². The highest BCUT2D eigenvalue weighted by Crippen LogP contribution is 2.31. The van der Waals surface area contributed by atoms with E-state index in [9.17, 15) is 9.59 Å². The van der Waals surface area contributed by atoms with Gasteiger partial charge >= 0.3 is 5.91 Å². The van der Waals surface area contributed by atoms with Crippen LogP contribution in [0.5, 0.6) is 0 Å². The molecule has 5 nitrogen and oxygen atoms in total. The van der Waals surface area contributed by atoms with Crippen LogP contribution in [-0.2, 0) is 4.79 Å². The lowest BCUT2D eigenvalue weighted by Crippen LogP contribution is -2.51. The van der Waals surface area contributed by atoms with Crippen molar-refractivity contribution in [2.24, 2.45) is 0 Å². The third-order valence-electron chi connectivity index (χ3n) is 6.22. The Balaban J connectivity index is 1.31. The van der Waals surface area contributed by atoms with Gasteiger partial charge in [-0.25, -0.2) is 0 Å². The van der Waals surface area contributed by atoms with E-state index in [2.05, 4.69) is 70.5 Å². The number of ketones is 1. The van der Waals surface area contributed by atoms with Gasteiger partial charge in [0.15, 0.2) is 0 Å². The van der Waals surface area contributed by atoms with Gasteiger partial charge in [0.25, 0.3) is 5.78 Å². The normalized spacial score (nSPS) is 17.4. The number of para-hydroxylation sites is 1. The fourth-order valence-corrected chi connectivity index (χ4v) is 4.64. The van der Waals surface area contributed by atoms with Gasteiger partial charge < -0.3 is 0 Å². The minimum atomic E-state index is -0.421. The molecule has 0 bridgehead atoms. The Bertz CT molecular complexity index is 1040. The van der Waals surface area contributed by atoms with Gasteiger partial charge in [0.2, 0.25) is 0 Å². The van der Waals surface area contributed by atoms with E-state index >= 15 is 0 Å². The highest BCUT2D eigenvalue weighted by atomic mass is 16.2. The number of hydrogen-bond donors (Lipinski definition) is 0. The van der Waals surface area contributed by atoms with Crippen LogP contribution in [-0.4, -0.2) is 54.3 Å². The predicted octanol–water partition coefficient (Wildman–Crippen LogP) is 3.58. The van der Waals surface area contributed by atoms with Crippen molar-refractivity contribution in [1.82, 2.24) is 9.80 Å². The van der Waals surface area contributed by atoms with Gasteiger partial charge in [-0.05, 0) is 23.3 Å². The molecular formula is C26H25N3O2. The van der Waals surface area contributed by atoms with Crippen LogP contribution in [0.15, 0.2) is 84.9 Å². The summed E-state index contributed by atoms with van der Waals surface area (Å²) in [7, 11) is 0. The van der Waals surface area contributed by atoms with Gasteiger partial charge in [-0.2, -0.15) is 0 Å². The second-order valence-corrected chi connectivity index (χ2v) is 8.10. The molecule has 5 rings (SSSR count). The molecule has 1 saturated heterocycles. The third-order valence-corrected chi connectivity index (χ3v) is 6.22. The molecular weight excluding hydrogens is 386 g/mol. The Morgan fingerprint density at radius 2 is 1.23 bits per heavy atom. The second-order valence-electron chi connectivity index (χ2n) is 8.10. The molecule has 156 valence electrons. The molecule has 0 aromatic heterocycles. The van der Waals surface area contributed by atoms with Crippen molar-refractivity contribution in [1.29, 1.82) is 0 Å². The zero-order valence-electron chi connectivity index (χ0n) is 17.4. The molecule has 0 spiro atoms. The number of benzene rings is 3. The van der Waals surface area contributed by atoms with Crippen molar-refractivity contribution in [2.75, 3.05) is 37.7 Å². The Labute approximate surface area is 182 Å². The summed E-state index contributed by atoms with van der Waals surface area (Å²) in [4.78, 5) is 31.2. The van der Waals surface area contributed by atoms with Crippen molar-refractivity contribution in [3.63, 3.8) is 0 Å². The summed E-state index contributed by atoms with van der Waals surface area (Å²) in [5.41, 5.74) is 3.82. The summed E-state index contributed by atoms with van der Waals surface area (Å²) >= 11 is 0. The van der Waals surface area contributed by atoms with Crippen LogP contribution in [0.1, 0.15) is 27.5 Å². The SMILES string of the molecule is O=C1C(=O)N(CN2CCN(C(c3ccccc3)c3ccccc3)CC2)c2ccccc21. The number of rotatable bonds is 5. The molecule has 0 N–H and O–H groups in total. The van der Waals surface area contributed by atoms with Gasteiger partial charge in [-0.3, -0.25) is 24.3 Å². The number of hydrogen-bond acceptors (Lipinski definition) is 4. The van der Waals surface area contributed by atoms with E-state index in [1.165, 1.54) is 11.1 Å². The lowest BCUT2D eigenvalue weighted by atomic mass is 9.96. The first kappa shape index (κ1) is 19.7. The molecule has 1 fully saturated rings. The first-order chi connectivity index (χ1) is 15.2. The summed E-state index contributed by atoms with van der Waals surface area (Å²) in [6.45, 7) is 3.93. The van der Waals surface area contributed by atoms with Crippen LogP contribution < -0.4 is 4.90 Å². The van der Waals surface area contributed by atoms with Crippen molar-refractivity contribution < 1.29 is 9.59 Å². The van der Waals surface area contributed by atoms with E-state index < -0.39 is 11.7 Å². The molecule has 2 aliphatic rings. The number of Topliss-reactive ketones (excluding diaryl/α,β-unsaturated/α-hetero) is 1. The van der Waals surface area contributed by atoms with E-state index in [0.717, 1.165) is 31.9 Å². The maximum absolute atomic E-state index is 12.5. The Morgan fingerprint density at radius 3 is 1.84 bits per heavy atom. The molecule has 31 heavy (non-hydrogen) atoms. The van der Waals surface area contributed by atoms with Crippen LogP contribution in [0.4, 0.5) is 5.69 Å². The Morgan fingerprint density at radius 1 is 0.677 bits per heavy atom. The molecule has 2 aliphatic heterocycles. The molecule has 0 aliphatic carbocycles. The van der Waals surface area contributed by atoms with Crippen LogP contribution in [0, 0.1) is 0 Å². The summed E-state index contributed by atoms with van der Waals surface area (Å²) in [6, 6.07) is 28.7. The number of piperazine rings is 1. The largest absolute Gasteiger partial charge is 0.300 e. The van der Waals surface area contributed by atoms with Crippen LogP contribution in [0.25, 0.3) is 0 Å².